The van der Waals surface area contributed by atoms with Crippen LogP contribution in [-0.4, -0.2) is 52.1 Å². The van der Waals surface area contributed by atoms with Crippen LogP contribution in [-0.2, 0) is 9.53 Å². The molecule has 2 fully saturated rings. The SMILES string of the molecule is Cc1ncccc1Oc1nccnc1[C@H]1CCCN(C(=O)C2CCOCC2)C1. The molecule has 0 saturated carbocycles. The van der Waals surface area contributed by atoms with E-state index < -0.39 is 0 Å². The number of hydrogen-bond acceptors (Lipinski definition) is 6. The summed E-state index contributed by atoms with van der Waals surface area (Å²) in [6.07, 6.45) is 8.64. The maximum atomic E-state index is 12.9. The second kappa shape index (κ2) is 8.65. The predicted molar refractivity (Wildman–Crippen MR) is 103 cm³/mol. The summed E-state index contributed by atoms with van der Waals surface area (Å²) in [7, 11) is 0. The van der Waals surface area contributed by atoms with Crippen molar-refractivity contribution in [3.05, 3.63) is 42.1 Å². The number of pyridine rings is 1. The topological polar surface area (TPSA) is 77.4 Å². The lowest BCUT2D eigenvalue weighted by molar-refractivity contribution is -0.139. The van der Waals surface area contributed by atoms with Gasteiger partial charge < -0.3 is 14.4 Å². The van der Waals surface area contributed by atoms with Crippen LogP contribution in [0.5, 0.6) is 11.6 Å². The highest BCUT2D eigenvalue weighted by molar-refractivity contribution is 5.79. The quantitative estimate of drug-likeness (QED) is 0.809. The Hall–Kier alpha value is -2.54. The Balaban J connectivity index is 1.51. The summed E-state index contributed by atoms with van der Waals surface area (Å²) in [6, 6.07) is 3.72. The predicted octanol–water partition coefficient (Wildman–Crippen LogP) is 3.10. The van der Waals surface area contributed by atoms with Crippen molar-refractivity contribution in [2.24, 2.45) is 5.92 Å². The monoisotopic (exact) mass is 382 g/mol. The van der Waals surface area contributed by atoms with Crippen LogP contribution in [0.15, 0.2) is 30.7 Å². The van der Waals surface area contributed by atoms with Gasteiger partial charge in [0, 0.05) is 56.7 Å². The van der Waals surface area contributed by atoms with Gasteiger partial charge in [-0.25, -0.2) is 4.98 Å². The second-order valence-corrected chi connectivity index (χ2v) is 7.45. The van der Waals surface area contributed by atoms with Crippen molar-refractivity contribution in [2.75, 3.05) is 26.3 Å². The number of piperidine rings is 1. The van der Waals surface area contributed by atoms with E-state index in [1.165, 1.54) is 0 Å². The molecular formula is C21H26N4O3. The van der Waals surface area contributed by atoms with Crippen LogP contribution < -0.4 is 4.74 Å². The molecule has 0 unspecified atom stereocenters. The second-order valence-electron chi connectivity index (χ2n) is 7.45. The van der Waals surface area contributed by atoms with Crippen LogP contribution in [0.1, 0.15) is 43.0 Å². The Bertz CT molecular complexity index is 823. The van der Waals surface area contributed by atoms with Crippen molar-refractivity contribution in [3.8, 4) is 11.6 Å². The van der Waals surface area contributed by atoms with Gasteiger partial charge in [0.15, 0.2) is 5.75 Å². The third-order valence-corrected chi connectivity index (χ3v) is 5.55. The van der Waals surface area contributed by atoms with E-state index in [-0.39, 0.29) is 17.7 Å². The van der Waals surface area contributed by atoms with Gasteiger partial charge in [0.25, 0.3) is 0 Å². The molecule has 0 aromatic carbocycles. The molecule has 2 aromatic heterocycles. The van der Waals surface area contributed by atoms with Crippen LogP contribution >= 0.6 is 0 Å². The highest BCUT2D eigenvalue weighted by Gasteiger charge is 2.32. The van der Waals surface area contributed by atoms with E-state index in [4.69, 9.17) is 9.47 Å². The normalized spacial score (nSPS) is 20.8. The zero-order valence-electron chi connectivity index (χ0n) is 16.2. The third kappa shape index (κ3) is 4.14. The Morgan fingerprint density at radius 2 is 1.96 bits per heavy atom. The first-order chi connectivity index (χ1) is 13.7. The van der Waals surface area contributed by atoms with Crippen LogP contribution in [0.3, 0.4) is 0 Å². The molecule has 2 aromatic rings. The Kier molecular flexibility index (Phi) is 5.81. The average Bonchev–Trinajstić information content (AvgIpc) is 2.76. The molecule has 0 N–H and O–H groups in total. The summed E-state index contributed by atoms with van der Waals surface area (Å²) in [4.78, 5) is 28.2. The number of aryl methyl sites for hydroxylation is 1. The highest BCUT2D eigenvalue weighted by Crippen LogP contribution is 2.34. The van der Waals surface area contributed by atoms with Crippen LogP contribution in [0.4, 0.5) is 0 Å². The first-order valence-corrected chi connectivity index (χ1v) is 9.99. The number of ether oxygens (including phenoxy) is 2. The van der Waals surface area contributed by atoms with Gasteiger partial charge in [-0.2, -0.15) is 0 Å². The minimum absolute atomic E-state index is 0.0862. The molecule has 0 spiro atoms. The van der Waals surface area contributed by atoms with Crippen LogP contribution in [0, 0.1) is 12.8 Å². The summed E-state index contributed by atoms with van der Waals surface area (Å²) in [5, 5.41) is 0. The molecule has 7 heteroatoms. The number of rotatable bonds is 4. The van der Waals surface area contributed by atoms with Crippen LogP contribution in [0.25, 0.3) is 0 Å². The number of amides is 1. The number of carbonyl (C=O) groups is 1. The number of aromatic nitrogens is 3. The molecule has 1 atom stereocenters. The van der Waals surface area contributed by atoms with E-state index in [9.17, 15) is 4.79 Å². The molecule has 0 radical (unpaired) electrons. The highest BCUT2D eigenvalue weighted by atomic mass is 16.5. The molecule has 2 aliphatic rings. The molecule has 4 heterocycles. The standard InChI is InChI=1S/C21H26N4O3/c1-15-18(5-2-8-22-15)28-20-19(23-9-10-24-20)17-4-3-11-25(14-17)21(26)16-6-12-27-13-7-16/h2,5,8-10,16-17H,3-4,6-7,11-14H2,1H3/t17-/m0/s1. The number of nitrogens with zero attached hydrogens (tertiary/aromatic N) is 4. The minimum Gasteiger partial charge on any atom is -0.435 e. The molecule has 28 heavy (non-hydrogen) atoms. The van der Waals surface area contributed by atoms with Crippen molar-refractivity contribution >= 4 is 5.91 Å². The van der Waals surface area contributed by atoms with Gasteiger partial charge in [-0.05, 0) is 44.7 Å². The summed E-state index contributed by atoms with van der Waals surface area (Å²) >= 11 is 0. The summed E-state index contributed by atoms with van der Waals surface area (Å²) in [5.41, 5.74) is 1.62. The van der Waals surface area contributed by atoms with Gasteiger partial charge in [0.2, 0.25) is 11.8 Å². The lowest BCUT2D eigenvalue weighted by Gasteiger charge is -2.35. The van der Waals surface area contributed by atoms with Gasteiger partial charge in [-0.15, -0.1) is 0 Å². The van der Waals surface area contributed by atoms with Crippen molar-refractivity contribution in [2.45, 2.75) is 38.5 Å². The van der Waals surface area contributed by atoms with Crippen molar-refractivity contribution < 1.29 is 14.3 Å². The Labute approximate surface area is 165 Å². The van der Waals surface area contributed by atoms with E-state index in [0.717, 1.165) is 43.6 Å². The summed E-state index contributed by atoms with van der Waals surface area (Å²) in [5.74, 6) is 1.64. The first-order valence-electron chi connectivity index (χ1n) is 9.99. The van der Waals surface area contributed by atoms with Crippen molar-refractivity contribution in [1.82, 2.24) is 19.9 Å². The van der Waals surface area contributed by atoms with E-state index in [2.05, 4.69) is 15.0 Å². The fourth-order valence-electron chi connectivity index (χ4n) is 3.98. The summed E-state index contributed by atoms with van der Waals surface area (Å²) < 4.78 is 11.4. The molecule has 4 rings (SSSR count). The van der Waals surface area contributed by atoms with Gasteiger partial charge >= 0.3 is 0 Å². The molecule has 0 bridgehead atoms. The van der Waals surface area contributed by atoms with E-state index in [1.807, 2.05) is 24.0 Å². The fourth-order valence-corrected chi connectivity index (χ4v) is 3.98. The number of likely N-dealkylation sites (tertiary alicyclic amines) is 1. The third-order valence-electron chi connectivity index (χ3n) is 5.55. The Morgan fingerprint density at radius 3 is 2.79 bits per heavy atom. The minimum atomic E-state index is 0.0862. The van der Waals surface area contributed by atoms with Crippen LogP contribution in [0.2, 0.25) is 0 Å². The van der Waals surface area contributed by atoms with E-state index >= 15 is 0 Å². The van der Waals surface area contributed by atoms with Gasteiger partial charge in [-0.3, -0.25) is 14.8 Å². The largest absolute Gasteiger partial charge is 0.435 e. The fraction of sp³-hybridized carbons (Fsp3) is 0.524. The smallest absolute Gasteiger partial charge is 0.241 e. The van der Waals surface area contributed by atoms with Crippen molar-refractivity contribution in [1.29, 1.82) is 0 Å². The molecule has 2 aliphatic heterocycles. The van der Waals surface area contributed by atoms with Crippen molar-refractivity contribution in [3.63, 3.8) is 0 Å². The molecule has 0 aliphatic carbocycles. The number of hydrogen-bond donors (Lipinski definition) is 0. The molecule has 7 nitrogen and oxygen atoms in total. The lowest BCUT2D eigenvalue weighted by atomic mass is 9.92. The molecular weight excluding hydrogens is 356 g/mol. The zero-order valence-corrected chi connectivity index (χ0v) is 16.2. The zero-order chi connectivity index (χ0) is 19.3. The maximum Gasteiger partial charge on any atom is 0.241 e. The van der Waals surface area contributed by atoms with Gasteiger partial charge in [-0.1, -0.05) is 0 Å². The Morgan fingerprint density at radius 1 is 1.14 bits per heavy atom. The van der Waals surface area contributed by atoms with E-state index in [1.54, 1.807) is 18.6 Å². The van der Waals surface area contributed by atoms with Gasteiger partial charge in [0.05, 0.1) is 5.69 Å². The maximum absolute atomic E-state index is 12.9. The van der Waals surface area contributed by atoms with E-state index in [0.29, 0.717) is 31.4 Å². The molecule has 1 amide bonds. The number of carbonyl (C=O) groups excluding carboxylic acids is 1. The molecule has 148 valence electrons. The lowest BCUT2D eigenvalue weighted by Crippen LogP contribution is -2.43. The van der Waals surface area contributed by atoms with Gasteiger partial charge in [0.1, 0.15) is 5.69 Å². The molecule has 2 saturated heterocycles. The summed E-state index contributed by atoms with van der Waals surface area (Å²) in [6.45, 7) is 4.74. The average molecular weight is 382 g/mol. The first kappa shape index (κ1) is 18.8.